The molecular formula is C19H17N3O3. The van der Waals surface area contributed by atoms with Crippen LogP contribution in [0.3, 0.4) is 0 Å². The third-order valence-electron chi connectivity index (χ3n) is 4.29. The Kier molecular flexibility index (Phi) is 4.73. The van der Waals surface area contributed by atoms with Crippen molar-refractivity contribution in [2.75, 3.05) is 6.61 Å². The Morgan fingerprint density at radius 1 is 1.16 bits per heavy atom. The zero-order valence-corrected chi connectivity index (χ0v) is 13.7. The molecule has 0 saturated heterocycles. The molecule has 1 amide bonds. The van der Waals surface area contributed by atoms with E-state index in [1.165, 1.54) is 6.92 Å². The molecule has 1 atom stereocenters. The van der Waals surface area contributed by atoms with E-state index >= 15 is 0 Å². The molecule has 1 N–H and O–H groups in total. The molecule has 3 rings (SSSR count). The van der Waals surface area contributed by atoms with Gasteiger partial charge in [-0.15, -0.1) is 0 Å². The molecule has 0 heterocycles. The lowest BCUT2D eigenvalue weighted by atomic mass is 9.98. The number of fused-ring (bicyclic) bond motifs is 3. The summed E-state index contributed by atoms with van der Waals surface area (Å²) in [6.45, 7) is 1.67. The maximum atomic E-state index is 12.0. The minimum absolute atomic E-state index is 0.0387. The smallest absolute Gasteiger partial charge is 0.407 e. The molecular weight excluding hydrogens is 318 g/mol. The first-order chi connectivity index (χ1) is 12.1. The molecule has 0 spiro atoms. The molecule has 2 aromatic rings. The Bertz CT molecular complexity index is 826. The predicted molar refractivity (Wildman–Crippen MR) is 92.4 cm³/mol. The van der Waals surface area contributed by atoms with Crippen LogP contribution in [0.15, 0.2) is 48.5 Å². The Labute approximate surface area is 145 Å². The number of carbonyl (C=O) groups is 2. The highest BCUT2D eigenvalue weighted by Crippen LogP contribution is 2.44. The van der Waals surface area contributed by atoms with E-state index in [9.17, 15) is 9.59 Å². The van der Waals surface area contributed by atoms with Crippen LogP contribution in [0.2, 0.25) is 0 Å². The summed E-state index contributed by atoms with van der Waals surface area (Å²) in [4.78, 5) is 26.1. The van der Waals surface area contributed by atoms with Gasteiger partial charge in [0.15, 0.2) is 0 Å². The molecule has 0 fully saturated rings. The Balaban J connectivity index is 1.70. The lowest BCUT2D eigenvalue weighted by Crippen LogP contribution is -2.39. The fraction of sp³-hybridized carbons (Fsp3) is 0.211. The summed E-state index contributed by atoms with van der Waals surface area (Å²) in [5, 5.41) is 2.42. The van der Waals surface area contributed by atoms with Gasteiger partial charge in [-0.05, 0) is 29.2 Å². The fourth-order valence-electron chi connectivity index (χ4n) is 3.06. The highest BCUT2D eigenvalue weighted by molar-refractivity contribution is 6.27. The highest BCUT2D eigenvalue weighted by atomic mass is 16.5. The summed E-state index contributed by atoms with van der Waals surface area (Å²) in [5.41, 5.74) is 12.9. The van der Waals surface area contributed by atoms with Crippen molar-refractivity contribution >= 4 is 18.1 Å². The van der Waals surface area contributed by atoms with E-state index in [0.717, 1.165) is 28.5 Å². The molecule has 1 unspecified atom stereocenters. The largest absolute Gasteiger partial charge is 0.449 e. The molecule has 1 aliphatic carbocycles. The number of hydrogen-bond donors (Lipinski definition) is 1. The van der Waals surface area contributed by atoms with Crippen molar-refractivity contribution in [2.45, 2.75) is 18.9 Å². The number of rotatable bonds is 5. The van der Waals surface area contributed by atoms with Crippen LogP contribution in [-0.2, 0) is 9.53 Å². The van der Waals surface area contributed by atoms with Crippen molar-refractivity contribution in [1.82, 2.24) is 5.32 Å². The van der Waals surface area contributed by atoms with Crippen LogP contribution in [0.5, 0.6) is 0 Å². The number of nitrogens with one attached hydrogen (secondary N) is 1. The number of hydrogen-bond acceptors (Lipinski definition) is 3. The Morgan fingerprint density at radius 3 is 2.28 bits per heavy atom. The quantitative estimate of drug-likeness (QED) is 0.517. The van der Waals surface area contributed by atoms with Crippen LogP contribution < -0.4 is 5.32 Å². The van der Waals surface area contributed by atoms with Gasteiger partial charge in [-0.3, -0.25) is 4.79 Å². The van der Waals surface area contributed by atoms with Crippen LogP contribution in [0.1, 0.15) is 24.0 Å². The molecule has 0 bridgehead atoms. The molecule has 0 radical (unpaired) electrons. The second-order valence-corrected chi connectivity index (χ2v) is 5.84. The van der Waals surface area contributed by atoms with Crippen molar-refractivity contribution in [2.24, 2.45) is 0 Å². The Morgan fingerprint density at radius 2 is 1.72 bits per heavy atom. The van der Waals surface area contributed by atoms with Gasteiger partial charge in [0.05, 0.1) is 6.04 Å². The van der Waals surface area contributed by atoms with E-state index in [-0.39, 0.29) is 12.5 Å². The van der Waals surface area contributed by atoms with Gasteiger partial charge in [-0.2, -0.15) is 4.79 Å². The van der Waals surface area contributed by atoms with Crippen LogP contribution in [0, 0.1) is 0 Å². The third-order valence-corrected chi connectivity index (χ3v) is 4.29. The zero-order valence-electron chi connectivity index (χ0n) is 13.7. The summed E-state index contributed by atoms with van der Waals surface area (Å²) < 4.78 is 5.33. The predicted octanol–water partition coefficient (Wildman–Crippen LogP) is 2.78. The summed E-state index contributed by atoms with van der Waals surface area (Å²) in [5.74, 6) is -0.556. The number of ether oxygens (including phenoxy) is 1. The second kappa shape index (κ2) is 7.11. The summed E-state index contributed by atoms with van der Waals surface area (Å²) >= 11 is 0. The standard InChI is InChI=1S/C19H17N3O3/c1-12(18(23)10-21-20)22-19(24)25-11-17-15-8-4-2-6-13(15)14-7-3-5-9-16(14)17/h2-10,12,17H,11H2,1H3,(H,22,24). The minimum Gasteiger partial charge on any atom is -0.449 e. The van der Waals surface area contributed by atoms with E-state index in [0.29, 0.717) is 0 Å². The normalized spacial score (nSPS) is 13.2. The first kappa shape index (κ1) is 16.6. The maximum absolute atomic E-state index is 12.0. The molecule has 0 aliphatic heterocycles. The average Bonchev–Trinajstić information content (AvgIpc) is 2.94. The van der Waals surface area contributed by atoms with Crippen molar-refractivity contribution < 1.29 is 19.1 Å². The molecule has 25 heavy (non-hydrogen) atoms. The molecule has 2 aromatic carbocycles. The van der Waals surface area contributed by atoms with Crippen LogP contribution in [0.25, 0.3) is 16.7 Å². The van der Waals surface area contributed by atoms with Crippen molar-refractivity contribution in [3.8, 4) is 11.1 Å². The van der Waals surface area contributed by atoms with Crippen molar-refractivity contribution in [3.63, 3.8) is 0 Å². The Hall–Kier alpha value is -3.24. The first-order valence-corrected chi connectivity index (χ1v) is 7.94. The van der Waals surface area contributed by atoms with Gasteiger partial charge in [-0.25, -0.2) is 4.79 Å². The fourth-order valence-corrected chi connectivity index (χ4v) is 3.06. The van der Waals surface area contributed by atoms with E-state index in [1.54, 1.807) is 0 Å². The second-order valence-electron chi connectivity index (χ2n) is 5.84. The van der Waals surface area contributed by atoms with Gasteiger partial charge in [-0.1, -0.05) is 48.5 Å². The lowest BCUT2D eigenvalue weighted by molar-refractivity contribution is -0.117. The van der Waals surface area contributed by atoms with Gasteiger partial charge in [0.1, 0.15) is 6.61 Å². The van der Waals surface area contributed by atoms with Gasteiger partial charge in [0.25, 0.3) is 5.78 Å². The molecule has 0 saturated carbocycles. The molecule has 0 aromatic heterocycles. The number of Topliss-reactive ketones (excluding diaryl/α,β-unsaturated/α-hetero) is 1. The van der Waals surface area contributed by atoms with E-state index in [2.05, 4.69) is 22.2 Å². The van der Waals surface area contributed by atoms with E-state index < -0.39 is 17.9 Å². The average molecular weight is 335 g/mol. The number of nitrogens with zero attached hydrogens (tertiary/aromatic N) is 2. The number of ketones is 1. The number of carbonyl (C=O) groups excluding carboxylic acids is 2. The monoisotopic (exact) mass is 335 g/mol. The van der Waals surface area contributed by atoms with Crippen molar-refractivity contribution in [1.29, 1.82) is 0 Å². The summed E-state index contributed by atoms with van der Waals surface area (Å²) in [6.07, 6.45) is 0.0584. The van der Waals surface area contributed by atoms with Gasteiger partial charge in [0, 0.05) is 5.92 Å². The van der Waals surface area contributed by atoms with Crippen LogP contribution >= 0.6 is 0 Å². The number of amides is 1. The molecule has 126 valence electrons. The molecule has 6 heteroatoms. The molecule has 1 aliphatic rings. The van der Waals surface area contributed by atoms with E-state index in [1.807, 2.05) is 36.4 Å². The topological polar surface area (TPSA) is 91.8 Å². The lowest BCUT2D eigenvalue weighted by Gasteiger charge is -2.15. The maximum Gasteiger partial charge on any atom is 0.407 e. The minimum atomic E-state index is -0.827. The highest BCUT2D eigenvalue weighted by Gasteiger charge is 2.29. The molecule has 6 nitrogen and oxygen atoms in total. The van der Waals surface area contributed by atoms with Gasteiger partial charge in [0.2, 0.25) is 0 Å². The van der Waals surface area contributed by atoms with Crippen molar-refractivity contribution in [3.05, 3.63) is 65.2 Å². The van der Waals surface area contributed by atoms with Gasteiger partial charge < -0.3 is 15.6 Å². The third kappa shape index (κ3) is 3.34. The van der Waals surface area contributed by atoms with E-state index in [4.69, 9.17) is 10.3 Å². The number of alkyl carbamates (subject to hydrolysis) is 1. The number of benzene rings is 2. The summed E-state index contributed by atoms with van der Waals surface area (Å²) in [7, 11) is 0. The summed E-state index contributed by atoms with van der Waals surface area (Å²) in [6, 6.07) is 15.3. The van der Waals surface area contributed by atoms with Crippen LogP contribution in [0.4, 0.5) is 4.79 Å². The zero-order chi connectivity index (χ0) is 17.8. The van der Waals surface area contributed by atoms with Crippen LogP contribution in [-0.4, -0.2) is 35.5 Å². The SMILES string of the molecule is CC(NC(=O)OCC1c2ccccc2-c2ccccc21)C(=O)C=[N+]=[N-]. The van der Waals surface area contributed by atoms with Gasteiger partial charge >= 0.3 is 12.3 Å². The first-order valence-electron chi connectivity index (χ1n) is 7.94.